The highest BCUT2D eigenvalue weighted by Crippen LogP contribution is 2.35. The van der Waals surface area contributed by atoms with Crippen LogP contribution < -0.4 is 5.32 Å². The summed E-state index contributed by atoms with van der Waals surface area (Å²) in [7, 11) is 0. The molecule has 0 aromatic heterocycles. The Morgan fingerprint density at radius 1 is 1.53 bits per heavy atom. The molecule has 1 aromatic rings. The van der Waals surface area contributed by atoms with Crippen molar-refractivity contribution in [2.45, 2.75) is 31.7 Å². The Balaban J connectivity index is 2.17. The molecule has 1 aliphatic rings. The van der Waals surface area contributed by atoms with E-state index in [4.69, 9.17) is 0 Å². The fourth-order valence-corrected chi connectivity index (χ4v) is 2.17. The lowest BCUT2D eigenvalue weighted by Crippen LogP contribution is -2.48. The highest BCUT2D eigenvalue weighted by Gasteiger charge is 2.36. The third kappa shape index (κ3) is 2.24. The van der Waals surface area contributed by atoms with E-state index in [1.807, 2.05) is 0 Å². The van der Waals surface area contributed by atoms with Gasteiger partial charge in [0.05, 0.1) is 17.1 Å². The van der Waals surface area contributed by atoms with Gasteiger partial charge in [-0.3, -0.25) is 10.1 Å². The van der Waals surface area contributed by atoms with Gasteiger partial charge in [-0.15, -0.1) is 0 Å². The van der Waals surface area contributed by atoms with Gasteiger partial charge in [0.15, 0.2) is 0 Å². The van der Waals surface area contributed by atoms with Crippen molar-refractivity contribution < 1.29 is 10.0 Å². The quantitative estimate of drug-likeness (QED) is 0.621. The number of hydrogen-bond acceptors (Lipinski definition) is 4. The largest absolute Gasteiger partial charge is 0.394 e. The first-order chi connectivity index (χ1) is 8.06. The van der Waals surface area contributed by atoms with Gasteiger partial charge in [0.25, 0.3) is 5.69 Å². The van der Waals surface area contributed by atoms with E-state index >= 15 is 0 Å². The molecule has 0 bridgehead atoms. The predicted molar refractivity (Wildman–Crippen MR) is 65.1 cm³/mol. The first-order valence-electron chi connectivity index (χ1n) is 5.70. The molecule has 5 heteroatoms. The Morgan fingerprint density at radius 2 is 2.24 bits per heavy atom. The van der Waals surface area contributed by atoms with Gasteiger partial charge < -0.3 is 10.4 Å². The molecule has 5 nitrogen and oxygen atoms in total. The van der Waals surface area contributed by atoms with Crippen molar-refractivity contribution in [3.8, 4) is 0 Å². The van der Waals surface area contributed by atoms with Gasteiger partial charge in [-0.1, -0.05) is 0 Å². The van der Waals surface area contributed by atoms with Crippen LogP contribution in [0.15, 0.2) is 18.2 Å². The van der Waals surface area contributed by atoms with Crippen LogP contribution in [0.3, 0.4) is 0 Å². The summed E-state index contributed by atoms with van der Waals surface area (Å²) in [6, 6.07) is 4.95. The minimum absolute atomic E-state index is 0.100. The minimum atomic E-state index is -0.385. The summed E-state index contributed by atoms with van der Waals surface area (Å²) in [5.41, 5.74) is 1.37. The van der Waals surface area contributed by atoms with E-state index in [-0.39, 0.29) is 22.8 Å². The maximum Gasteiger partial charge on any atom is 0.272 e. The lowest BCUT2D eigenvalue weighted by atomic mass is 9.77. The highest BCUT2D eigenvalue weighted by atomic mass is 16.6. The summed E-state index contributed by atoms with van der Waals surface area (Å²) in [5.74, 6) is 0. The lowest BCUT2D eigenvalue weighted by Gasteiger charge is -2.41. The molecule has 0 unspecified atom stereocenters. The van der Waals surface area contributed by atoms with Crippen LogP contribution in [0.1, 0.15) is 24.8 Å². The molecule has 0 radical (unpaired) electrons. The number of aliphatic hydroxyl groups excluding tert-OH is 1. The normalized spacial score (nSPS) is 17.3. The number of hydrogen-bond donors (Lipinski definition) is 2. The Morgan fingerprint density at radius 3 is 2.65 bits per heavy atom. The molecule has 0 amide bonds. The van der Waals surface area contributed by atoms with Crippen LogP contribution in [0.5, 0.6) is 0 Å². The van der Waals surface area contributed by atoms with E-state index in [1.54, 1.807) is 19.1 Å². The molecular weight excluding hydrogens is 220 g/mol. The van der Waals surface area contributed by atoms with Gasteiger partial charge in [0.1, 0.15) is 0 Å². The molecular formula is C12H16N2O3. The van der Waals surface area contributed by atoms with Gasteiger partial charge in [0.2, 0.25) is 0 Å². The fraction of sp³-hybridized carbons (Fsp3) is 0.500. The van der Waals surface area contributed by atoms with Crippen LogP contribution in [-0.4, -0.2) is 22.2 Å². The van der Waals surface area contributed by atoms with Crippen LogP contribution in [-0.2, 0) is 0 Å². The maximum absolute atomic E-state index is 10.7. The number of benzene rings is 1. The molecule has 0 heterocycles. The average molecular weight is 236 g/mol. The van der Waals surface area contributed by atoms with Crippen LogP contribution >= 0.6 is 0 Å². The minimum Gasteiger partial charge on any atom is -0.394 e. The number of nitrogens with zero attached hydrogens (tertiary/aromatic N) is 1. The molecule has 0 aliphatic heterocycles. The number of aryl methyl sites for hydroxylation is 1. The Bertz CT molecular complexity index is 436. The molecule has 1 aromatic carbocycles. The summed E-state index contributed by atoms with van der Waals surface area (Å²) in [4.78, 5) is 10.3. The number of aliphatic hydroxyl groups is 1. The molecule has 1 aliphatic carbocycles. The van der Waals surface area contributed by atoms with Gasteiger partial charge in [-0.05, 0) is 38.3 Å². The SMILES string of the molecule is Cc1cc(NC2(CO)CCC2)ccc1[N+](=O)[O-]. The second-order valence-electron chi connectivity index (χ2n) is 4.68. The third-order valence-electron chi connectivity index (χ3n) is 3.42. The predicted octanol–water partition coefficient (Wildman–Crippen LogP) is 2.23. The molecule has 92 valence electrons. The lowest BCUT2D eigenvalue weighted by molar-refractivity contribution is -0.385. The van der Waals surface area contributed by atoms with Crippen molar-refractivity contribution in [1.82, 2.24) is 0 Å². The van der Waals surface area contributed by atoms with Crippen molar-refractivity contribution in [3.05, 3.63) is 33.9 Å². The first-order valence-corrected chi connectivity index (χ1v) is 5.70. The summed E-state index contributed by atoms with van der Waals surface area (Å²) >= 11 is 0. The Labute approximate surface area is 99.6 Å². The number of rotatable bonds is 4. The summed E-state index contributed by atoms with van der Waals surface area (Å²) in [5, 5.41) is 23.3. The van der Waals surface area contributed by atoms with E-state index in [2.05, 4.69) is 5.32 Å². The van der Waals surface area contributed by atoms with Gasteiger partial charge >= 0.3 is 0 Å². The average Bonchev–Trinajstić information content (AvgIpc) is 2.23. The third-order valence-corrected chi connectivity index (χ3v) is 3.42. The monoisotopic (exact) mass is 236 g/mol. The van der Waals surface area contributed by atoms with E-state index in [0.717, 1.165) is 24.9 Å². The van der Waals surface area contributed by atoms with Crippen LogP contribution in [0.4, 0.5) is 11.4 Å². The molecule has 1 saturated carbocycles. The summed E-state index contributed by atoms with van der Waals surface area (Å²) < 4.78 is 0. The van der Waals surface area contributed by atoms with Crippen LogP contribution in [0.25, 0.3) is 0 Å². The molecule has 2 rings (SSSR count). The number of anilines is 1. The zero-order valence-corrected chi connectivity index (χ0v) is 9.77. The second-order valence-corrected chi connectivity index (χ2v) is 4.68. The van der Waals surface area contributed by atoms with Crippen molar-refractivity contribution >= 4 is 11.4 Å². The van der Waals surface area contributed by atoms with Crippen molar-refractivity contribution in [2.75, 3.05) is 11.9 Å². The molecule has 17 heavy (non-hydrogen) atoms. The van der Waals surface area contributed by atoms with Gasteiger partial charge in [-0.2, -0.15) is 0 Å². The zero-order chi connectivity index (χ0) is 12.5. The maximum atomic E-state index is 10.7. The van der Waals surface area contributed by atoms with Crippen molar-refractivity contribution in [3.63, 3.8) is 0 Å². The first kappa shape index (κ1) is 11.9. The molecule has 2 N–H and O–H groups in total. The smallest absolute Gasteiger partial charge is 0.272 e. The summed E-state index contributed by atoms with van der Waals surface area (Å²) in [6.07, 6.45) is 3.00. The molecule has 1 fully saturated rings. The van der Waals surface area contributed by atoms with Gasteiger partial charge in [0, 0.05) is 17.3 Å². The van der Waals surface area contributed by atoms with Gasteiger partial charge in [-0.25, -0.2) is 0 Å². The van der Waals surface area contributed by atoms with Crippen LogP contribution in [0, 0.1) is 17.0 Å². The number of nitrogens with one attached hydrogen (secondary N) is 1. The van der Waals surface area contributed by atoms with Crippen LogP contribution in [0.2, 0.25) is 0 Å². The molecule has 0 spiro atoms. The molecule has 0 atom stereocenters. The number of nitro benzene ring substituents is 1. The van der Waals surface area contributed by atoms with E-state index in [1.165, 1.54) is 6.07 Å². The highest BCUT2D eigenvalue weighted by molar-refractivity contribution is 5.55. The van der Waals surface area contributed by atoms with E-state index in [9.17, 15) is 15.2 Å². The van der Waals surface area contributed by atoms with Crippen molar-refractivity contribution in [1.29, 1.82) is 0 Å². The second kappa shape index (κ2) is 4.33. The topological polar surface area (TPSA) is 75.4 Å². The zero-order valence-electron chi connectivity index (χ0n) is 9.77. The molecule has 0 saturated heterocycles. The fourth-order valence-electron chi connectivity index (χ4n) is 2.17. The van der Waals surface area contributed by atoms with E-state index < -0.39 is 0 Å². The number of nitro groups is 1. The van der Waals surface area contributed by atoms with E-state index in [0.29, 0.717) is 5.56 Å². The Kier molecular flexibility index (Phi) is 3.02. The Hall–Kier alpha value is -1.62. The summed E-state index contributed by atoms with van der Waals surface area (Å²) in [6.45, 7) is 1.82. The standard InChI is InChI=1S/C12H16N2O3/c1-9-7-10(3-4-11(9)14(16)17)13-12(8-15)5-2-6-12/h3-4,7,13,15H,2,5-6,8H2,1H3. The van der Waals surface area contributed by atoms with Crippen molar-refractivity contribution in [2.24, 2.45) is 0 Å².